The molecule has 0 aliphatic carbocycles. The van der Waals surface area contributed by atoms with E-state index < -0.39 is 0 Å². The topological polar surface area (TPSA) is 84.2 Å². The Hall–Kier alpha value is -1.10. The van der Waals surface area contributed by atoms with Crippen molar-refractivity contribution in [3.05, 3.63) is 0 Å². The Morgan fingerprint density at radius 3 is 2.26 bits per heavy atom. The van der Waals surface area contributed by atoms with Crippen molar-refractivity contribution in [2.75, 3.05) is 19.6 Å². The number of nitrogens with one attached hydrogen (secondary N) is 2. The molecule has 0 aliphatic heterocycles. The highest BCUT2D eigenvalue weighted by Gasteiger charge is 2.23. The third kappa shape index (κ3) is 9.47. The van der Waals surface area contributed by atoms with E-state index in [1.165, 1.54) is 0 Å². The van der Waals surface area contributed by atoms with Gasteiger partial charge < -0.3 is 16.4 Å². The zero-order chi connectivity index (χ0) is 14.9. The Balaban J connectivity index is 3.98. The van der Waals surface area contributed by atoms with E-state index in [2.05, 4.69) is 31.4 Å². The van der Waals surface area contributed by atoms with Crippen LogP contribution in [0, 0.1) is 11.3 Å². The van der Waals surface area contributed by atoms with E-state index >= 15 is 0 Å². The highest BCUT2D eigenvalue weighted by atomic mass is 16.2. The van der Waals surface area contributed by atoms with Gasteiger partial charge in [0.2, 0.25) is 11.8 Å². The van der Waals surface area contributed by atoms with Crippen LogP contribution in [0.15, 0.2) is 0 Å². The van der Waals surface area contributed by atoms with Crippen LogP contribution in [0.25, 0.3) is 0 Å². The lowest BCUT2D eigenvalue weighted by Crippen LogP contribution is -2.39. The number of carbonyl (C=O) groups is 2. The molecule has 0 fully saturated rings. The maximum atomic E-state index is 11.9. The van der Waals surface area contributed by atoms with Gasteiger partial charge in [0.1, 0.15) is 0 Å². The van der Waals surface area contributed by atoms with E-state index in [0.29, 0.717) is 26.1 Å². The summed E-state index contributed by atoms with van der Waals surface area (Å²) in [7, 11) is 0. The summed E-state index contributed by atoms with van der Waals surface area (Å²) in [6.45, 7) is 9.65. The lowest BCUT2D eigenvalue weighted by molar-refractivity contribution is -0.125. The standard InChI is InChI=1S/C14H29N3O2/c1-5-7-16-12(18)6-8-17-13(19)11(10-15)9-14(2,3)4/h11H,5-10,15H2,1-4H3,(H,16,18)(H,17,19). The molecule has 4 N–H and O–H groups in total. The van der Waals surface area contributed by atoms with Gasteiger partial charge in [-0.3, -0.25) is 9.59 Å². The summed E-state index contributed by atoms with van der Waals surface area (Å²) in [6, 6.07) is 0. The molecule has 0 heterocycles. The maximum Gasteiger partial charge on any atom is 0.224 e. The molecule has 0 bridgehead atoms. The first-order valence-corrected chi connectivity index (χ1v) is 7.04. The molecule has 0 saturated heterocycles. The minimum atomic E-state index is -0.182. The lowest BCUT2D eigenvalue weighted by atomic mass is 9.84. The van der Waals surface area contributed by atoms with Gasteiger partial charge in [-0.15, -0.1) is 0 Å². The second-order valence-electron chi connectivity index (χ2n) is 6.09. The molecule has 0 aromatic heterocycles. The predicted octanol–water partition coefficient (Wildman–Crippen LogP) is 1.03. The molecule has 0 radical (unpaired) electrons. The minimum absolute atomic E-state index is 0.0257. The summed E-state index contributed by atoms with van der Waals surface area (Å²) in [5.41, 5.74) is 5.71. The molecule has 0 aromatic rings. The van der Waals surface area contributed by atoms with Gasteiger partial charge in [0.25, 0.3) is 0 Å². The Labute approximate surface area is 116 Å². The second kappa shape index (κ2) is 8.91. The first kappa shape index (κ1) is 17.9. The first-order valence-electron chi connectivity index (χ1n) is 7.04. The molecular weight excluding hydrogens is 242 g/mol. The van der Waals surface area contributed by atoms with E-state index in [-0.39, 0.29) is 23.1 Å². The van der Waals surface area contributed by atoms with Crippen LogP contribution in [-0.2, 0) is 9.59 Å². The Morgan fingerprint density at radius 2 is 1.79 bits per heavy atom. The minimum Gasteiger partial charge on any atom is -0.356 e. The molecule has 5 heteroatoms. The fraction of sp³-hybridized carbons (Fsp3) is 0.857. The van der Waals surface area contributed by atoms with Crippen LogP contribution in [-0.4, -0.2) is 31.4 Å². The molecule has 1 unspecified atom stereocenters. The van der Waals surface area contributed by atoms with Crippen LogP contribution in [0.1, 0.15) is 47.0 Å². The molecule has 2 amide bonds. The predicted molar refractivity (Wildman–Crippen MR) is 77.5 cm³/mol. The Morgan fingerprint density at radius 1 is 1.16 bits per heavy atom. The average molecular weight is 271 g/mol. The zero-order valence-electron chi connectivity index (χ0n) is 12.7. The summed E-state index contributed by atoms with van der Waals surface area (Å²) >= 11 is 0. The third-order valence-electron chi connectivity index (χ3n) is 2.74. The summed E-state index contributed by atoms with van der Waals surface area (Å²) in [6.07, 6.45) is 1.98. The van der Waals surface area contributed by atoms with Gasteiger partial charge >= 0.3 is 0 Å². The van der Waals surface area contributed by atoms with Crippen LogP contribution < -0.4 is 16.4 Å². The highest BCUT2D eigenvalue weighted by molar-refractivity contribution is 5.80. The van der Waals surface area contributed by atoms with E-state index in [9.17, 15) is 9.59 Å². The molecule has 112 valence electrons. The van der Waals surface area contributed by atoms with Gasteiger partial charge in [-0.2, -0.15) is 0 Å². The maximum absolute atomic E-state index is 11.9. The smallest absolute Gasteiger partial charge is 0.224 e. The molecule has 0 spiro atoms. The summed E-state index contributed by atoms with van der Waals surface area (Å²) < 4.78 is 0. The van der Waals surface area contributed by atoms with Crippen LogP contribution in [0.5, 0.6) is 0 Å². The van der Waals surface area contributed by atoms with Crippen LogP contribution in [0.4, 0.5) is 0 Å². The van der Waals surface area contributed by atoms with Crippen molar-refractivity contribution in [3.63, 3.8) is 0 Å². The van der Waals surface area contributed by atoms with Crippen LogP contribution in [0.2, 0.25) is 0 Å². The van der Waals surface area contributed by atoms with E-state index in [1.807, 2.05) is 6.92 Å². The number of nitrogens with two attached hydrogens (primary N) is 1. The second-order valence-corrected chi connectivity index (χ2v) is 6.09. The van der Waals surface area contributed by atoms with Crippen molar-refractivity contribution in [2.24, 2.45) is 17.1 Å². The van der Waals surface area contributed by atoms with Crippen molar-refractivity contribution in [3.8, 4) is 0 Å². The fourth-order valence-electron chi connectivity index (χ4n) is 1.82. The number of rotatable bonds is 8. The van der Waals surface area contributed by atoms with E-state index in [1.54, 1.807) is 0 Å². The van der Waals surface area contributed by atoms with Crippen molar-refractivity contribution in [1.82, 2.24) is 10.6 Å². The number of carbonyl (C=O) groups excluding carboxylic acids is 2. The first-order chi connectivity index (χ1) is 8.80. The van der Waals surface area contributed by atoms with E-state index in [0.717, 1.165) is 12.8 Å². The van der Waals surface area contributed by atoms with Crippen molar-refractivity contribution in [1.29, 1.82) is 0 Å². The van der Waals surface area contributed by atoms with Crippen LogP contribution in [0.3, 0.4) is 0 Å². The molecule has 0 aromatic carbocycles. The summed E-state index contributed by atoms with van der Waals surface area (Å²) in [5.74, 6) is -0.262. The molecule has 0 rings (SSSR count). The monoisotopic (exact) mass is 271 g/mol. The summed E-state index contributed by atoms with van der Waals surface area (Å²) in [4.78, 5) is 23.3. The van der Waals surface area contributed by atoms with Gasteiger partial charge in [-0.1, -0.05) is 27.7 Å². The number of hydrogen-bond donors (Lipinski definition) is 3. The molecule has 19 heavy (non-hydrogen) atoms. The van der Waals surface area contributed by atoms with Gasteiger partial charge in [-0.25, -0.2) is 0 Å². The van der Waals surface area contributed by atoms with Crippen molar-refractivity contribution < 1.29 is 9.59 Å². The average Bonchev–Trinajstić information content (AvgIpc) is 2.32. The number of amides is 2. The Kier molecular flexibility index (Phi) is 8.39. The van der Waals surface area contributed by atoms with Gasteiger partial charge in [0.15, 0.2) is 0 Å². The lowest BCUT2D eigenvalue weighted by Gasteiger charge is -2.24. The molecule has 1 atom stereocenters. The van der Waals surface area contributed by atoms with E-state index in [4.69, 9.17) is 5.73 Å². The SMILES string of the molecule is CCCNC(=O)CCNC(=O)C(CN)CC(C)(C)C. The Bertz CT molecular complexity index is 285. The number of hydrogen-bond acceptors (Lipinski definition) is 3. The highest BCUT2D eigenvalue weighted by Crippen LogP contribution is 2.23. The summed E-state index contributed by atoms with van der Waals surface area (Å²) in [5, 5.41) is 5.56. The van der Waals surface area contributed by atoms with Crippen molar-refractivity contribution in [2.45, 2.75) is 47.0 Å². The van der Waals surface area contributed by atoms with Crippen LogP contribution >= 0.6 is 0 Å². The van der Waals surface area contributed by atoms with Gasteiger partial charge in [0.05, 0.1) is 5.92 Å². The normalized spacial score (nSPS) is 12.9. The molecule has 0 saturated carbocycles. The van der Waals surface area contributed by atoms with Gasteiger partial charge in [0, 0.05) is 26.1 Å². The zero-order valence-corrected chi connectivity index (χ0v) is 12.7. The third-order valence-corrected chi connectivity index (χ3v) is 2.74. The van der Waals surface area contributed by atoms with Crippen molar-refractivity contribution >= 4 is 11.8 Å². The van der Waals surface area contributed by atoms with Gasteiger partial charge in [-0.05, 0) is 18.3 Å². The quantitative estimate of drug-likeness (QED) is 0.616. The molecule has 5 nitrogen and oxygen atoms in total. The largest absolute Gasteiger partial charge is 0.356 e. The fourth-order valence-corrected chi connectivity index (χ4v) is 1.82. The molecule has 0 aliphatic rings. The molecular formula is C14H29N3O2.